The average molecular weight is 455 g/mol. The van der Waals surface area contributed by atoms with Crippen LogP contribution in [0.3, 0.4) is 0 Å². The second-order valence-electron chi connectivity index (χ2n) is 7.89. The van der Waals surface area contributed by atoms with E-state index in [9.17, 15) is 18.0 Å². The molecule has 9 heteroatoms. The van der Waals surface area contributed by atoms with Crippen molar-refractivity contribution in [3.05, 3.63) is 54.6 Å². The van der Waals surface area contributed by atoms with Crippen LogP contribution in [-0.4, -0.2) is 43.3 Å². The zero-order valence-electron chi connectivity index (χ0n) is 17.7. The molecule has 2 amide bonds. The Morgan fingerprint density at radius 3 is 2.34 bits per heavy atom. The van der Waals surface area contributed by atoms with Crippen LogP contribution in [0.5, 0.6) is 0 Å². The van der Waals surface area contributed by atoms with Gasteiger partial charge >= 0.3 is 0 Å². The van der Waals surface area contributed by atoms with Crippen molar-refractivity contribution in [2.75, 3.05) is 23.4 Å². The molecule has 2 aliphatic rings. The molecule has 2 aromatic rings. The number of anilines is 2. The second-order valence-corrected chi connectivity index (χ2v) is 9.83. The van der Waals surface area contributed by atoms with Gasteiger partial charge in [0, 0.05) is 31.6 Å². The van der Waals surface area contributed by atoms with Gasteiger partial charge in [0.2, 0.25) is 15.9 Å². The molecule has 4 rings (SSSR count). The molecule has 0 spiro atoms. The fourth-order valence-electron chi connectivity index (χ4n) is 3.86. The Hall–Kier alpha value is -3.04. The number of benzene rings is 2. The molecule has 0 saturated carbocycles. The lowest BCUT2D eigenvalue weighted by Crippen LogP contribution is -2.36. The van der Waals surface area contributed by atoms with Crippen LogP contribution < -0.4 is 10.3 Å². The molecular weight excluding hydrogens is 428 g/mol. The zero-order chi connectivity index (χ0) is 22.6. The summed E-state index contributed by atoms with van der Waals surface area (Å²) in [6.45, 7) is 1.03. The molecule has 2 aliphatic heterocycles. The number of hydrogen-bond donors (Lipinski definition) is 1. The van der Waals surface area contributed by atoms with Crippen LogP contribution >= 0.6 is 0 Å². The molecule has 1 fully saturated rings. The standard InChI is InChI=1S/C23H26N4O4S/c28-22-14-13-21(25-27(22)19-10-4-3-5-11-19)23(29)24-18-9-8-12-20(17-18)32(30,31)26-15-6-1-2-7-16-26/h3-5,8-12,17H,1-2,6-7,13-16H2,(H,24,29). The van der Waals surface area contributed by atoms with Crippen LogP contribution in [0.4, 0.5) is 11.4 Å². The smallest absolute Gasteiger partial charge is 0.271 e. The van der Waals surface area contributed by atoms with Crippen LogP contribution in [0, 0.1) is 0 Å². The maximum absolute atomic E-state index is 13.1. The summed E-state index contributed by atoms with van der Waals surface area (Å²) in [6, 6.07) is 15.2. The molecule has 0 aliphatic carbocycles. The van der Waals surface area contributed by atoms with Crippen molar-refractivity contribution in [1.29, 1.82) is 0 Å². The Balaban J connectivity index is 1.52. The minimum atomic E-state index is -3.62. The van der Waals surface area contributed by atoms with Crippen LogP contribution in [-0.2, 0) is 19.6 Å². The van der Waals surface area contributed by atoms with E-state index < -0.39 is 15.9 Å². The minimum Gasteiger partial charge on any atom is -0.321 e. The van der Waals surface area contributed by atoms with Crippen molar-refractivity contribution >= 4 is 38.9 Å². The van der Waals surface area contributed by atoms with E-state index in [0.717, 1.165) is 25.7 Å². The first-order valence-electron chi connectivity index (χ1n) is 10.8. The SMILES string of the molecule is O=C(Nc1cccc(S(=O)(=O)N2CCCCCC2)c1)C1=NN(c2ccccc2)C(=O)CC1. The number of carbonyl (C=O) groups is 2. The van der Waals surface area contributed by atoms with Crippen LogP contribution in [0.15, 0.2) is 64.6 Å². The Bertz CT molecular complexity index is 1120. The first-order chi connectivity index (χ1) is 15.4. The normalized spacial score (nSPS) is 18.1. The number of hydrazone groups is 1. The highest BCUT2D eigenvalue weighted by Crippen LogP contribution is 2.24. The summed E-state index contributed by atoms with van der Waals surface area (Å²) in [5.74, 6) is -0.638. The third-order valence-electron chi connectivity index (χ3n) is 5.59. The molecule has 0 unspecified atom stereocenters. The monoisotopic (exact) mass is 454 g/mol. The van der Waals surface area contributed by atoms with E-state index in [-0.39, 0.29) is 29.4 Å². The number of para-hydroxylation sites is 1. The van der Waals surface area contributed by atoms with E-state index in [1.54, 1.807) is 42.5 Å². The highest BCUT2D eigenvalue weighted by Gasteiger charge is 2.27. The third kappa shape index (κ3) is 4.89. The Labute approximate surface area is 188 Å². The molecule has 2 heterocycles. The van der Waals surface area contributed by atoms with Gasteiger partial charge in [0.1, 0.15) is 5.71 Å². The number of amides is 2. The van der Waals surface area contributed by atoms with Gasteiger partial charge < -0.3 is 5.32 Å². The summed E-state index contributed by atoms with van der Waals surface area (Å²) < 4.78 is 27.6. The lowest BCUT2D eigenvalue weighted by molar-refractivity contribution is -0.118. The fourth-order valence-corrected chi connectivity index (χ4v) is 5.42. The largest absolute Gasteiger partial charge is 0.321 e. The quantitative estimate of drug-likeness (QED) is 0.749. The van der Waals surface area contributed by atoms with Crippen LogP contribution in [0.25, 0.3) is 0 Å². The molecule has 32 heavy (non-hydrogen) atoms. The Morgan fingerprint density at radius 2 is 1.62 bits per heavy atom. The van der Waals surface area contributed by atoms with E-state index in [0.29, 0.717) is 24.5 Å². The summed E-state index contributed by atoms with van der Waals surface area (Å²) in [6.07, 6.45) is 4.17. The molecule has 0 radical (unpaired) electrons. The number of nitrogens with zero attached hydrogens (tertiary/aromatic N) is 3. The first-order valence-corrected chi connectivity index (χ1v) is 12.3. The van der Waals surface area contributed by atoms with E-state index in [4.69, 9.17) is 0 Å². The van der Waals surface area contributed by atoms with Gasteiger partial charge in [-0.15, -0.1) is 0 Å². The molecule has 1 N–H and O–H groups in total. The maximum atomic E-state index is 13.1. The molecule has 0 bridgehead atoms. The summed E-state index contributed by atoms with van der Waals surface area (Å²) in [7, 11) is -3.62. The van der Waals surface area contributed by atoms with Gasteiger partial charge in [-0.3, -0.25) is 9.59 Å². The lowest BCUT2D eigenvalue weighted by Gasteiger charge is -2.23. The van der Waals surface area contributed by atoms with Gasteiger partial charge in [-0.25, -0.2) is 13.4 Å². The van der Waals surface area contributed by atoms with Gasteiger partial charge in [-0.05, 0) is 43.2 Å². The third-order valence-corrected chi connectivity index (χ3v) is 7.48. The zero-order valence-corrected chi connectivity index (χ0v) is 18.6. The Kier molecular flexibility index (Phi) is 6.66. The fraction of sp³-hybridized carbons (Fsp3) is 0.348. The summed E-state index contributed by atoms with van der Waals surface area (Å²) in [5.41, 5.74) is 1.18. The van der Waals surface area contributed by atoms with Crippen molar-refractivity contribution in [1.82, 2.24) is 4.31 Å². The van der Waals surface area contributed by atoms with Gasteiger partial charge in [-0.2, -0.15) is 9.41 Å². The van der Waals surface area contributed by atoms with Crippen molar-refractivity contribution < 1.29 is 18.0 Å². The topological polar surface area (TPSA) is 99.2 Å². The number of hydrogen-bond acceptors (Lipinski definition) is 5. The number of sulfonamides is 1. The van der Waals surface area contributed by atoms with Gasteiger partial charge in [-0.1, -0.05) is 37.1 Å². The van der Waals surface area contributed by atoms with Crippen molar-refractivity contribution in [3.63, 3.8) is 0 Å². The van der Waals surface area contributed by atoms with E-state index in [1.807, 2.05) is 6.07 Å². The molecule has 0 atom stereocenters. The predicted molar refractivity (Wildman–Crippen MR) is 123 cm³/mol. The number of rotatable bonds is 5. The van der Waals surface area contributed by atoms with Gasteiger partial charge in [0.25, 0.3) is 5.91 Å². The maximum Gasteiger partial charge on any atom is 0.271 e. The first kappa shape index (κ1) is 22.2. The Morgan fingerprint density at radius 1 is 0.906 bits per heavy atom. The average Bonchev–Trinajstić information content (AvgIpc) is 3.10. The summed E-state index contributed by atoms with van der Waals surface area (Å²) in [5, 5.41) is 8.22. The van der Waals surface area contributed by atoms with Crippen molar-refractivity contribution in [2.45, 2.75) is 43.4 Å². The molecule has 168 valence electrons. The van der Waals surface area contributed by atoms with E-state index in [2.05, 4.69) is 10.4 Å². The van der Waals surface area contributed by atoms with Crippen LogP contribution in [0.2, 0.25) is 0 Å². The number of carbonyl (C=O) groups excluding carboxylic acids is 2. The van der Waals surface area contributed by atoms with Crippen molar-refractivity contribution in [2.24, 2.45) is 5.10 Å². The summed E-state index contributed by atoms with van der Waals surface area (Å²) >= 11 is 0. The highest BCUT2D eigenvalue weighted by molar-refractivity contribution is 7.89. The molecule has 8 nitrogen and oxygen atoms in total. The van der Waals surface area contributed by atoms with E-state index in [1.165, 1.54) is 15.4 Å². The van der Waals surface area contributed by atoms with Crippen LogP contribution in [0.1, 0.15) is 38.5 Å². The van der Waals surface area contributed by atoms with E-state index >= 15 is 0 Å². The van der Waals surface area contributed by atoms with Gasteiger partial charge in [0.05, 0.1) is 10.6 Å². The predicted octanol–water partition coefficient (Wildman–Crippen LogP) is 3.37. The molecular formula is C23H26N4O4S. The minimum absolute atomic E-state index is 0.156. The molecule has 1 saturated heterocycles. The number of nitrogens with one attached hydrogen (secondary N) is 1. The molecule has 2 aromatic carbocycles. The molecule has 0 aromatic heterocycles. The van der Waals surface area contributed by atoms with Crippen molar-refractivity contribution in [3.8, 4) is 0 Å². The second kappa shape index (κ2) is 9.62. The summed E-state index contributed by atoms with van der Waals surface area (Å²) in [4.78, 5) is 25.2. The lowest BCUT2D eigenvalue weighted by atomic mass is 10.1. The van der Waals surface area contributed by atoms with Gasteiger partial charge in [0.15, 0.2) is 0 Å². The highest BCUT2D eigenvalue weighted by atomic mass is 32.2.